The van der Waals surface area contributed by atoms with E-state index < -0.39 is 10.0 Å². The summed E-state index contributed by atoms with van der Waals surface area (Å²) in [6.45, 7) is 3.90. The standard InChI is InChI=1S/C23H24N2O3S2/c1-4-29-22-15-8-6-13-20(22)24-23(26)18-11-9-12-19(16-18)30(27,28)25(3)21-14-7-5-10-17(21)2/h5-16H,4H2,1-3H3,(H,24,26). The van der Waals surface area contributed by atoms with Crippen LogP contribution in [-0.4, -0.2) is 27.1 Å². The monoisotopic (exact) mass is 440 g/mol. The average Bonchev–Trinajstić information content (AvgIpc) is 2.75. The molecular weight excluding hydrogens is 416 g/mol. The van der Waals surface area contributed by atoms with Crippen molar-refractivity contribution in [2.75, 3.05) is 22.4 Å². The van der Waals surface area contributed by atoms with E-state index in [2.05, 4.69) is 5.32 Å². The van der Waals surface area contributed by atoms with Gasteiger partial charge >= 0.3 is 0 Å². The first kappa shape index (κ1) is 21.9. The molecule has 0 spiro atoms. The van der Waals surface area contributed by atoms with E-state index in [0.29, 0.717) is 11.4 Å². The van der Waals surface area contributed by atoms with Crippen molar-refractivity contribution < 1.29 is 13.2 Å². The van der Waals surface area contributed by atoms with Crippen LogP contribution in [-0.2, 0) is 10.0 Å². The maximum atomic E-state index is 13.1. The van der Waals surface area contributed by atoms with Gasteiger partial charge in [0.25, 0.3) is 15.9 Å². The molecule has 1 amide bonds. The molecule has 3 aromatic carbocycles. The predicted molar refractivity (Wildman–Crippen MR) is 124 cm³/mol. The number of benzene rings is 3. The van der Waals surface area contributed by atoms with Gasteiger partial charge in [-0.1, -0.05) is 43.3 Å². The molecule has 3 aromatic rings. The molecule has 0 aliphatic rings. The van der Waals surface area contributed by atoms with Crippen LogP contribution >= 0.6 is 11.8 Å². The molecule has 0 unspecified atom stereocenters. The zero-order valence-corrected chi connectivity index (χ0v) is 18.8. The summed E-state index contributed by atoms with van der Waals surface area (Å²) < 4.78 is 27.5. The Morgan fingerprint density at radius 2 is 1.70 bits per heavy atom. The van der Waals surface area contributed by atoms with Gasteiger partial charge in [0.1, 0.15) is 0 Å². The van der Waals surface area contributed by atoms with Gasteiger partial charge in [-0.2, -0.15) is 0 Å². The van der Waals surface area contributed by atoms with Crippen LogP contribution < -0.4 is 9.62 Å². The van der Waals surface area contributed by atoms with Crippen molar-refractivity contribution >= 4 is 39.1 Å². The van der Waals surface area contributed by atoms with Crippen LogP contribution in [0.4, 0.5) is 11.4 Å². The highest BCUT2D eigenvalue weighted by molar-refractivity contribution is 7.99. The molecular formula is C23H24N2O3S2. The van der Waals surface area contributed by atoms with E-state index in [1.165, 1.54) is 23.5 Å². The minimum absolute atomic E-state index is 0.0668. The van der Waals surface area contributed by atoms with Crippen molar-refractivity contribution in [2.24, 2.45) is 0 Å². The normalized spacial score (nSPS) is 11.2. The fourth-order valence-corrected chi connectivity index (χ4v) is 5.11. The number of hydrogen-bond donors (Lipinski definition) is 1. The lowest BCUT2D eigenvalue weighted by atomic mass is 10.2. The highest BCUT2D eigenvalue weighted by Crippen LogP contribution is 2.28. The maximum absolute atomic E-state index is 13.1. The molecule has 0 atom stereocenters. The molecule has 0 saturated carbocycles. The summed E-state index contributed by atoms with van der Waals surface area (Å²) in [6.07, 6.45) is 0. The van der Waals surface area contributed by atoms with Crippen LogP contribution in [0.1, 0.15) is 22.8 Å². The fraction of sp³-hybridized carbons (Fsp3) is 0.174. The zero-order valence-electron chi connectivity index (χ0n) is 17.1. The molecule has 30 heavy (non-hydrogen) atoms. The van der Waals surface area contributed by atoms with Crippen LogP contribution in [0.3, 0.4) is 0 Å². The van der Waals surface area contributed by atoms with E-state index in [4.69, 9.17) is 0 Å². The molecule has 0 saturated heterocycles. The third-order valence-electron chi connectivity index (χ3n) is 4.64. The number of thioether (sulfide) groups is 1. The molecule has 7 heteroatoms. The number of amides is 1. The van der Waals surface area contributed by atoms with Crippen molar-refractivity contribution in [3.05, 3.63) is 83.9 Å². The summed E-state index contributed by atoms with van der Waals surface area (Å²) in [4.78, 5) is 13.9. The number of hydrogen-bond acceptors (Lipinski definition) is 4. The minimum atomic E-state index is -3.81. The van der Waals surface area contributed by atoms with Gasteiger partial charge in [0, 0.05) is 17.5 Å². The third-order valence-corrected chi connectivity index (χ3v) is 7.37. The van der Waals surface area contributed by atoms with E-state index >= 15 is 0 Å². The Bertz CT molecular complexity index is 1160. The summed E-state index contributed by atoms with van der Waals surface area (Å²) in [5.74, 6) is 0.529. The van der Waals surface area contributed by atoms with Crippen LogP contribution in [0.15, 0.2) is 82.6 Å². The molecule has 0 aliphatic heterocycles. The smallest absolute Gasteiger partial charge is 0.264 e. The van der Waals surface area contributed by atoms with E-state index in [1.807, 2.05) is 50.2 Å². The average molecular weight is 441 g/mol. The van der Waals surface area contributed by atoms with Gasteiger partial charge in [0.2, 0.25) is 0 Å². The summed E-state index contributed by atoms with van der Waals surface area (Å²) in [5, 5.41) is 2.89. The summed E-state index contributed by atoms with van der Waals surface area (Å²) in [7, 11) is -2.29. The molecule has 3 rings (SSSR count). The van der Waals surface area contributed by atoms with Crippen molar-refractivity contribution in [3.8, 4) is 0 Å². The lowest BCUT2D eigenvalue weighted by Gasteiger charge is -2.21. The van der Waals surface area contributed by atoms with Crippen molar-refractivity contribution in [1.29, 1.82) is 0 Å². The largest absolute Gasteiger partial charge is 0.321 e. The number of rotatable bonds is 7. The van der Waals surface area contributed by atoms with E-state index in [9.17, 15) is 13.2 Å². The first-order valence-corrected chi connectivity index (χ1v) is 11.9. The molecule has 0 bridgehead atoms. The molecule has 0 aromatic heterocycles. The lowest BCUT2D eigenvalue weighted by molar-refractivity contribution is 0.102. The molecule has 0 aliphatic carbocycles. The minimum Gasteiger partial charge on any atom is -0.321 e. The van der Waals surface area contributed by atoms with Gasteiger partial charge in [-0.05, 0) is 54.6 Å². The molecule has 0 heterocycles. The van der Waals surface area contributed by atoms with Crippen LogP contribution in [0.5, 0.6) is 0 Å². The highest BCUT2D eigenvalue weighted by atomic mass is 32.2. The summed E-state index contributed by atoms with van der Waals surface area (Å²) in [5.41, 5.74) is 2.44. The number of aryl methyl sites for hydroxylation is 1. The number of nitrogens with one attached hydrogen (secondary N) is 1. The first-order valence-electron chi connectivity index (χ1n) is 9.52. The number of para-hydroxylation sites is 2. The van der Waals surface area contributed by atoms with Gasteiger partial charge in [-0.15, -0.1) is 11.8 Å². The molecule has 0 fully saturated rings. The second-order valence-corrected chi connectivity index (χ2v) is 9.95. The Morgan fingerprint density at radius 1 is 1.00 bits per heavy atom. The quantitative estimate of drug-likeness (QED) is 0.514. The maximum Gasteiger partial charge on any atom is 0.264 e. The number of anilines is 2. The van der Waals surface area contributed by atoms with Gasteiger partial charge in [0.15, 0.2) is 0 Å². The summed E-state index contributed by atoms with van der Waals surface area (Å²) >= 11 is 1.63. The Balaban J connectivity index is 1.89. The second-order valence-electron chi connectivity index (χ2n) is 6.67. The molecule has 1 N–H and O–H groups in total. The Hall–Kier alpha value is -2.77. The van der Waals surface area contributed by atoms with E-state index in [1.54, 1.807) is 36.0 Å². The SMILES string of the molecule is CCSc1ccccc1NC(=O)c1cccc(S(=O)(=O)N(C)c2ccccc2C)c1. The first-order chi connectivity index (χ1) is 14.3. The van der Waals surface area contributed by atoms with Gasteiger partial charge in [-0.3, -0.25) is 9.10 Å². The Morgan fingerprint density at radius 3 is 2.43 bits per heavy atom. The van der Waals surface area contributed by atoms with Crippen LogP contribution in [0, 0.1) is 6.92 Å². The molecule has 156 valence electrons. The number of carbonyl (C=O) groups is 1. The van der Waals surface area contributed by atoms with Crippen molar-refractivity contribution in [2.45, 2.75) is 23.6 Å². The highest BCUT2D eigenvalue weighted by Gasteiger charge is 2.23. The van der Waals surface area contributed by atoms with Crippen molar-refractivity contribution in [3.63, 3.8) is 0 Å². The topological polar surface area (TPSA) is 66.5 Å². The summed E-state index contributed by atoms with van der Waals surface area (Å²) in [6, 6.07) is 20.9. The second kappa shape index (κ2) is 9.36. The fourth-order valence-electron chi connectivity index (χ4n) is 3.05. The molecule has 0 radical (unpaired) electrons. The third kappa shape index (κ3) is 4.68. The Kier molecular flexibility index (Phi) is 6.84. The molecule has 5 nitrogen and oxygen atoms in total. The zero-order chi connectivity index (χ0) is 21.7. The van der Waals surface area contributed by atoms with Gasteiger partial charge in [0.05, 0.1) is 16.3 Å². The van der Waals surface area contributed by atoms with Gasteiger partial charge < -0.3 is 5.32 Å². The Labute approximate surface area is 182 Å². The van der Waals surface area contributed by atoms with E-state index in [-0.39, 0.29) is 16.4 Å². The van der Waals surface area contributed by atoms with Crippen LogP contribution in [0.25, 0.3) is 0 Å². The number of sulfonamides is 1. The van der Waals surface area contributed by atoms with Crippen LogP contribution in [0.2, 0.25) is 0 Å². The number of nitrogens with zero attached hydrogens (tertiary/aromatic N) is 1. The van der Waals surface area contributed by atoms with E-state index in [0.717, 1.165) is 16.2 Å². The van der Waals surface area contributed by atoms with Crippen molar-refractivity contribution in [1.82, 2.24) is 0 Å². The number of carbonyl (C=O) groups excluding carboxylic acids is 1. The lowest BCUT2D eigenvalue weighted by Crippen LogP contribution is -2.27. The predicted octanol–water partition coefficient (Wildman–Crippen LogP) is 5.18. The van der Waals surface area contributed by atoms with Gasteiger partial charge in [-0.25, -0.2) is 8.42 Å².